The van der Waals surface area contributed by atoms with Gasteiger partial charge in [0.2, 0.25) is 0 Å². The highest BCUT2D eigenvalue weighted by molar-refractivity contribution is 5.97. The Morgan fingerprint density at radius 2 is 2.12 bits per heavy atom. The van der Waals surface area contributed by atoms with Gasteiger partial charge in [0.25, 0.3) is 11.6 Å². The van der Waals surface area contributed by atoms with Crippen molar-refractivity contribution in [2.75, 3.05) is 18.4 Å². The first-order valence-corrected chi connectivity index (χ1v) is 7.62. The number of carbonyl (C=O) groups is 1. The molecular formula is C16H16N6O3. The SMILES string of the molecule is Cc1[nH]nc2ncc(C(=O)NCCNc3ccccc3[N+](=O)[O-])cc12. The third kappa shape index (κ3) is 3.55. The maximum atomic E-state index is 12.2. The Hall–Kier alpha value is -3.49. The minimum Gasteiger partial charge on any atom is -0.378 e. The molecule has 0 saturated heterocycles. The Morgan fingerprint density at radius 1 is 1.32 bits per heavy atom. The number of nitrogens with zero attached hydrogens (tertiary/aromatic N) is 3. The fourth-order valence-electron chi connectivity index (χ4n) is 2.40. The molecule has 0 spiro atoms. The summed E-state index contributed by atoms with van der Waals surface area (Å²) in [6, 6.07) is 8.09. The molecule has 3 rings (SSSR count). The molecule has 3 N–H and O–H groups in total. The van der Waals surface area contributed by atoms with E-state index < -0.39 is 4.92 Å². The summed E-state index contributed by atoms with van der Waals surface area (Å²) in [5, 5.41) is 24.3. The number of nitro groups is 1. The second-order valence-electron chi connectivity index (χ2n) is 5.40. The fraction of sp³-hybridized carbons (Fsp3) is 0.188. The van der Waals surface area contributed by atoms with Gasteiger partial charge in [-0.25, -0.2) is 4.98 Å². The standard InChI is InChI=1S/C16H16N6O3/c1-10-12-8-11(9-19-15(12)21-20-10)16(23)18-7-6-17-13-4-2-3-5-14(13)22(24)25/h2-5,8-9,17H,6-7H2,1H3,(H,18,23)(H,19,20,21). The first-order chi connectivity index (χ1) is 12.1. The van der Waals surface area contributed by atoms with E-state index in [0.29, 0.717) is 30.0 Å². The highest BCUT2D eigenvalue weighted by Crippen LogP contribution is 2.22. The summed E-state index contributed by atoms with van der Waals surface area (Å²) in [5.41, 5.74) is 2.25. The van der Waals surface area contributed by atoms with Gasteiger partial charge in [-0.05, 0) is 19.1 Å². The molecule has 0 atom stereocenters. The van der Waals surface area contributed by atoms with Gasteiger partial charge in [-0.1, -0.05) is 12.1 Å². The van der Waals surface area contributed by atoms with Crippen molar-refractivity contribution in [3.8, 4) is 0 Å². The molecule has 9 heteroatoms. The number of benzene rings is 1. The van der Waals surface area contributed by atoms with E-state index in [0.717, 1.165) is 11.1 Å². The molecule has 0 aliphatic rings. The highest BCUT2D eigenvalue weighted by atomic mass is 16.6. The van der Waals surface area contributed by atoms with E-state index in [4.69, 9.17) is 0 Å². The van der Waals surface area contributed by atoms with E-state index in [1.807, 2.05) is 6.92 Å². The minimum absolute atomic E-state index is 0.00101. The predicted molar refractivity (Wildman–Crippen MR) is 92.5 cm³/mol. The first kappa shape index (κ1) is 16.4. The van der Waals surface area contributed by atoms with Crippen LogP contribution in [0.5, 0.6) is 0 Å². The number of aryl methyl sites for hydroxylation is 1. The number of nitrogens with one attached hydrogen (secondary N) is 3. The minimum atomic E-state index is -0.449. The second kappa shape index (κ2) is 6.95. The maximum absolute atomic E-state index is 12.2. The van der Waals surface area contributed by atoms with Gasteiger partial charge in [0.1, 0.15) is 5.69 Å². The van der Waals surface area contributed by atoms with Crippen LogP contribution in [0.1, 0.15) is 16.1 Å². The van der Waals surface area contributed by atoms with Crippen LogP contribution in [0.3, 0.4) is 0 Å². The summed E-state index contributed by atoms with van der Waals surface area (Å²) in [5.74, 6) is -0.264. The van der Waals surface area contributed by atoms with Crippen LogP contribution in [0.2, 0.25) is 0 Å². The molecule has 1 aromatic carbocycles. The van der Waals surface area contributed by atoms with Crippen LogP contribution in [0.15, 0.2) is 36.5 Å². The molecule has 0 unspecified atom stereocenters. The number of H-pyrrole nitrogens is 1. The van der Waals surface area contributed by atoms with Crippen molar-refractivity contribution in [2.24, 2.45) is 0 Å². The maximum Gasteiger partial charge on any atom is 0.292 e. The van der Waals surface area contributed by atoms with Crippen LogP contribution in [0.4, 0.5) is 11.4 Å². The molecular weight excluding hydrogens is 324 g/mol. The van der Waals surface area contributed by atoms with Crippen molar-refractivity contribution in [1.29, 1.82) is 0 Å². The Balaban J connectivity index is 1.57. The second-order valence-corrected chi connectivity index (χ2v) is 5.40. The number of amides is 1. The summed E-state index contributed by atoms with van der Waals surface area (Å²) in [6.07, 6.45) is 1.47. The summed E-state index contributed by atoms with van der Waals surface area (Å²) in [6.45, 7) is 2.53. The molecule has 0 fully saturated rings. The lowest BCUT2D eigenvalue weighted by atomic mass is 10.2. The zero-order valence-electron chi connectivity index (χ0n) is 13.4. The summed E-state index contributed by atoms with van der Waals surface area (Å²) in [4.78, 5) is 26.8. The van der Waals surface area contributed by atoms with Crippen molar-refractivity contribution < 1.29 is 9.72 Å². The zero-order valence-corrected chi connectivity index (χ0v) is 13.4. The number of para-hydroxylation sites is 2. The lowest BCUT2D eigenvalue weighted by molar-refractivity contribution is -0.384. The van der Waals surface area contributed by atoms with Crippen molar-refractivity contribution in [3.63, 3.8) is 0 Å². The molecule has 25 heavy (non-hydrogen) atoms. The molecule has 2 aromatic heterocycles. The first-order valence-electron chi connectivity index (χ1n) is 7.62. The molecule has 0 radical (unpaired) electrons. The van der Waals surface area contributed by atoms with E-state index >= 15 is 0 Å². The predicted octanol–water partition coefficient (Wildman–Crippen LogP) is 2.02. The molecule has 0 saturated carbocycles. The molecule has 0 aliphatic carbocycles. The largest absolute Gasteiger partial charge is 0.378 e. The number of fused-ring (bicyclic) bond motifs is 1. The average Bonchev–Trinajstić information content (AvgIpc) is 2.99. The lowest BCUT2D eigenvalue weighted by Crippen LogP contribution is -2.28. The Morgan fingerprint density at radius 3 is 2.92 bits per heavy atom. The molecule has 2 heterocycles. The van der Waals surface area contributed by atoms with Crippen LogP contribution >= 0.6 is 0 Å². The van der Waals surface area contributed by atoms with Crippen LogP contribution < -0.4 is 10.6 Å². The molecule has 3 aromatic rings. The van der Waals surface area contributed by atoms with E-state index in [9.17, 15) is 14.9 Å². The Labute approximate surface area is 142 Å². The fourth-order valence-corrected chi connectivity index (χ4v) is 2.40. The van der Waals surface area contributed by atoms with Crippen LogP contribution in [-0.2, 0) is 0 Å². The van der Waals surface area contributed by atoms with Gasteiger partial charge in [-0.3, -0.25) is 20.0 Å². The third-order valence-electron chi connectivity index (χ3n) is 3.69. The van der Waals surface area contributed by atoms with Gasteiger partial charge < -0.3 is 10.6 Å². The van der Waals surface area contributed by atoms with E-state index in [-0.39, 0.29) is 11.6 Å². The number of hydrogen-bond acceptors (Lipinski definition) is 6. The number of carbonyl (C=O) groups excluding carboxylic acids is 1. The number of hydrogen-bond donors (Lipinski definition) is 3. The molecule has 128 valence electrons. The third-order valence-corrected chi connectivity index (χ3v) is 3.69. The molecule has 0 aliphatic heterocycles. The Kier molecular flexibility index (Phi) is 4.55. The monoisotopic (exact) mass is 340 g/mol. The van der Waals surface area contributed by atoms with Crippen molar-refractivity contribution in [2.45, 2.75) is 6.92 Å². The number of aromatic amines is 1. The quantitative estimate of drug-likeness (QED) is 0.358. The normalized spacial score (nSPS) is 10.6. The van der Waals surface area contributed by atoms with Gasteiger partial charge in [-0.2, -0.15) is 5.10 Å². The van der Waals surface area contributed by atoms with Crippen molar-refractivity contribution in [1.82, 2.24) is 20.5 Å². The topological polar surface area (TPSA) is 126 Å². The number of nitro benzene ring substituents is 1. The summed E-state index contributed by atoms with van der Waals surface area (Å²) in [7, 11) is 0. The molecule has 0 bridgehead atoms. The lowest BCUT2D eigenvalue weighted by Gasteiger charge is -2.08. The van der Waals surface area contributed by atoms with Crippen LogP contribution in [0.25, 0.3) is 11.0 Å². The average molecular weight is 340 g/mol. The van der Waals surface area contributed by atoms with E-state index in [1.165, 1.54) is 12.3 Å². The van der Waals surface area contributed by atoms with Crippen molar-refractivity contribution >= 4 is 28.3 Å². The smallest absolute Gasteiger partial charge is 0.292 e. The van der Waals surface area contributed by atoms with E-state index in [2.05, 4.69) is 25.8 Å². The highest BCUT2D eigenvalue weighted by Gasteiger charge is 2.12. The number of pyridine rings is 1. The molecule has 9 nitrogen and oxygen atoms in total. The summed E-state index contributed by atoms with van der Waals surface area (Å²) < 4.78 is 0. The summed E-state index contributed by atoms with van der Waals surface area (Å²) >= 11 is 0. The number of anilines is 1. The van der Waals surface area contributed by atoms with Gasteiger partial charge in [-0.15, -0.1) is 0 Å². The number of aromatic nitrogens is 3. The van der Waals surface area contributed by atoms with Crippen molar-refractivity contribution in [3.05, 3.63) is 57.9 Å². The van der Waals surface area contributed by atoms with Gasteiger partial charge in [0.05, 0.1) is 10.5 Å². The molecule has 1 amide bonds. The Bertz CT molecular complexity index is 937. The van der Waals surface area contributed by atoms with Gasteiger partial charge in [0.15, 0.2) is 5.65 Å². The van der Waals surface area contributed by atoms with Gasteiger partial charge >= 0.3 is 0 Å². The van der Waals surface area contributed by atoms with Gasteiger partial charge in [0, 0.05) is 36.4 Å². The van der Waals surface area contributed by atoms with Crippen LogP contribution in [0, 0.1) is 17.0 Å². The number of rotatable bonds is 6. The van der Waals surface area contributed by atoms with E-state index in [1.54, 1.807) is 24.3 Å². The zero-order chi connectivity index (χ0) is 17.8. The van der Waals surface area contributed by atoms with Crippen LogP contribution in [-0.4, -0.2) is 39.1 Å².